The lowest BCUT2D eigenvalue weighted by Gasteiger charge is -2.19. The molecule has 0 saturated heterocycles. The standard InChI is InChI=1S/C28H28N4O4/c1-31(2)15-16-32(3)27(34)19-9-12-21(13-10-19)29-25(18-7-5-4-6-8-18)24-22-14-11-20(28(35)36)17-23(22)30-26(24)33/h4-14,17,30,33H,15-16H2,1-3H3,(H,35,36). The molecular weight excluding hydrogens is 456 g/mol. The van der Waals surface area contributed by atoms with Crippen LogP contribution >= 0.6 is 0 Å². The fraction of sp³-hybridized carbons (Fsp3) is 0.179. The number of likely N-dealkylation sites (N-methyl/N-ethyl adjacent to an activating group) is 2. The van der Waals surface area contributed by atoms with Crippen LogP contribution in [0.1, 0.15) is 31.8 Å². The zero-order chi connectivity index (χ0) is 25.8. The van der Waals surface area contributed by atoms with Crippen LogP contribution in [-0.2, 0) is 0 Å². The number of carboxylic acid groups (broad SMARTS) is 1. The van der Waals surface area contributed by atoms with Crippen molar-refractivity contribution < 1.29 is 19.8 Å². The zero-order valence-corrected chi connectivity index (χ0v) is 20.4. The SMILES string of the molecule is CN(C)CCN(C)C(=O)c1ccc(N=C(c2ccccc2)c2c(O)[nH]c3cc(C(=O)O)ccc23)cc1. The quantitative estimate of drug-likeness (QED) is 0.322. The molecule has 8 nitrogen and oxygen atoms in total. The summed E-state index contributed by atoms with van der Waals surface area (Å²) >= 11 is 0. The number of aromatic nitrogens is 1. The van der Waals surface area contributed by atoms with Gasteiger partial charge in [-0.1, -0.05) is 36.4 Å². The molecule has 0 unspecified atom stereocenters. The monoisotopic (exact) mass is 484 g/mol. The van der Waals surface area contributed by atoms with Gasteiger partial charge in [0.05, 0.1) is 22.5 Å². The van der Waals surface area contributed by atoms with E-state index in [9.17, 15) is 19.8 Å². The Labute approximate surface area is 209 Å². The number of aliphatic imine (C=N–C) groups is 1. The normalized spacial score (nSPS) is 11.7. The van der Waals surface area contributed by atoms with Crippen molar-refractivity contribution in [1.82, 2.24) is 14.8 Å². The lowest BCUT2D eigenvalue weighted by Crippen LogP contribution is -2.33. The average molecular weight is 485 g/mol. The van der Waals surface area contributed by atoms with E-state index in [1.807, 2.05) is 49.3 Å². The van der Waals surface area contributed by atoms with E-state index in [0.29, 0.717) is 40.0 Å². The molecule has 0 saturated carbocycles. The number of nitrogens with one attached hydrogen (secondary N) is 1. The van der Waals surface area contributed by atoms with E-state index < -0.39 is 5.97 Å². The van der Waals surface area contributed by atoms with Gasteiger partial charge in [-0.3, -0.25) is 4.79 Å². The fourth-order valence-corrected chi connectivity index (χ4v) is 3.90. The molecule has 0 aliphatic heterocycles. The number of carbonyl (C=O) groups is 2. The highest BCUT2D eigenvalue weighted by Gasteiger charge is 2.20. The smallest absolute Gasteiger partial charge is 0.335 e. The Balaban J connectivity index is 1.74. The van der Waals surface area contributed by atoms with E-state index in [4.69, 9.17) is 4.99 Å². The summed E-state index contributed by atoms with van der Waals surface area (Å²) in [5.74, 6) is -1.23. The first-order valence-electron chi connectivity index (χ1n) is 11.5. The molecule has 0 atom stereocenters. The number of hydrogen-bond donors (Lipinski definition) is 3. The molecule has 1 amide bonds. The summed E-state index contributed by atoms with van der Waals surface area (Å²) in [5, 5.41) is 20.8. The highest BCUT2D eigenvalue weighted by molar-refractivity contribution is 6.22. The van der Waals surface area contributed by atoms with E-state index in [-0.39, 0.29) is 17.4 Å². The largest absolute Gasteiger partial charge is 0.494 e. The molecule has 0 aliphatic carbocycles. The fourth-order valence-electron chi connectivity index (χ4n) is 3.90. The van der Waals surface area contributed by atoms with Gasteiger partial charge in [0.1, 0.15) is 0 Å². The van der Waals surface area contributed by atoms with Gasteiger partial charge >= 0.3 is 5.97 Å². The number of amides is 1. The number of aromatic hydroxyl groups is 1. The van der Waals surface area contributed by atoms with Crippen molar-refractivity contribution in [3.05, 3.63) is 95.1 Å². The van der Waals surface area contributed by atoms with Crippen LogP contribution in [0.3, 0.4) is 0 Å². The number of rotatable bonds is 8. The second-order valence-electron chi connectivity index (χ2n) is 8.82. The molecule has 184 valence electrons. The van der Waals surface area contributed by atoms with Crippen LogP contribution in [-0.4, -0.2) is 76.8 Å². The molecule has 8 heteroatoms. The van der Waals surface area contributed by atoms with Gasteiger partial charge in [0, 0.05) is 42.2 Å². The number of H-pyrrole nitrogens is 1. The summed E-state index contributed by atoms with van der Waals surface area (Å²) < 4.78 is 0. The summed E-state index contributed by atoms with van der Waals surface area (Å²) in [6, 6.07) is 21.1. The first-order valence-corrected chi connectivity index (χ1v) is 11.5. The lowest BCUT2D eigenvalue weighted by molar-refractivity contribution is 0.0696. The summed E-state index contributed by atoms with van der Waals surface area (Å²) in [6.07, 6.45) is 0. The van der Waals surface area contributed by atoms with Crippen molar-refractivity contribution in [2.75, 3.05) is 34.2 Å². The summed E-state index contributed by atoms with van der Waals surface area (Å²) in [7, 11) is 5.71. The third kappa shape index (κ3) is 5.29. The first kappa shape index (κ1) is 24.7. The van der Waals surface area contributed by atoms with Gasteiger partial charge in [-0.2, -0.15) is 0 Å². The number of hydrogen-bond acceptors (Lipinski definition) is 5. The van der Waals surface area contributed by atoms with Crippen LogP contribution in [0.5, 0.6) is 5.88 Å². The predicted octanol–water partition coefficient (Wildman–Crippen LogP) is 4.37. The number of benzene rings is 3. The summed E-state index contributed by atoms with van der Waals surface area (Å²) in [4.78, 5) is 35.6. The van der Waals surface area contributed by atoms with Gasteiger partial charge in [-0.15, -0.1) is 0 Å². The van der Waals surface area contributed by atoms with Crippen LogP contribution in [0.25, 0.3) is 10.9 Å². The third-order valence-corrected chi connectivity index (χ3v) is 5.89. The van der Waals surface area contributed by atoms with Crippen molar-refractivity contribution in [1.29, 1.82) is 0 Å². The van der Waals surface area contributed by atoms with Gasteiger partial charge < -0.3 is 25.0 Å². The van der Waals surface area contributed by atoms with Gasteiger partial charge in [-0.25, -0.2) is 9.79 Å². The highest BCUT2D eigenvalue weighted by atomic mass is 16.4. The van der Waals surface area contributed by atoms with E-state index in [1.165, 1.54) is 12.1 Å². The molecule has 0 bridgehead atoms. The number of aromatic carboxylic acids is 1. The molecule has 3 N–H and O–H groups in total. The van der Waals surface area contributed by atoms with Gasteiger partial charge in [0.15, 0.2) is 5.88 Å². The molecule has 36 heavy (non-hydrogen) atoms. The topological polar surface area (TPSA) is 109 Å². The van der Waals surface area contributed by atoms with Crippen molar-refractivity contribution in [2.45, 2.75) is 0 Å². The first-order chi connectivity index (χ1) is 17.2. The Morgan fingerprint density at radius 3 is 2.17 bits per heavy atom. The molecule has 3 aromatic carbocycles. The molecule has 4 rings (SSSR count). The molecule has 1 heterocycles. The lowest BCUT2D eigenvalue weighted by atomic mass is 10.00. The number of nitrogens with zero attached hydrogens (tertiary/aromatic N) is 3. The van der Waals surface area contributed by atoms with Crippen LogP contribution in [0, 0.1) is 0 Å². The van der Waals surface area contributed by atoms with E-state index in [1.54, 1.807) is 42.3 Å². The van der Waals surface area contributed by atoms with Crippen molar-refractivity contribution in [2.24, 2.45) is 4.99 Å². The van der Waals surface area contributed by atoms with Crippen molar-refractivity contribution in [3.8, 4) is 5.88 Å². The summed E-state index contributed by atoms with van der Waals surface area (Å²) in [6.45, 7) is 1.39. The Kier molecular flexibility index (Phi) is 7.17. The second-order valence-corrected chi connectivity index (χ2v) is 8.82. The van der Waals surface area contributed by atoms with Crippen LogP contribution < -0.4 is 0 Å². The average Bonchev–Trinajstić information content (AvgIpc) is 3.20. The maximum absolute atomic E-state index is 12.8. The number of carbonyl (C=O) groups excluding carboxylic acids is 1. The van der Waals surface area contributed by atoms with Crippen LogP contribution in [0.2, 0.25) is 0 Å². The maximum Gasteiger partial charge on any atom is 0.335 e. The molecular formula is C28H28N4O4. The minimum atomic E-state index is -1.05. The van der Waals surface area contributed by atoms with E-state index >= 15 is 0 Å². The maximum atomic E-state index is 12.8. The summed E-state index contributed by atoms with van der Waals surface area (Å²) in [5.41, 5.74) is 3.54. The number of fused-ring (bicyclic) bond motifs is 1. The van der Waals surface area contributed by atoms with Gasteiger partial charge in [0.2, 0.25) is 0 Å². The second kappa shape index (κ2) is 10.5. The Hall–Kier alpha value is -4.43. The number of carboxylic acids is 1. The van der Waals surface area contributed by atoms with E-state index in [2.05, 4.69) is 4.98 Å². The van der Waals surface area contributed by atoms with Crippen LogP contribution in [0.4, 0.5) is 5.69 Å². The molecule has 1 aromatic heterocycles. The highest BCUT2D eigenvalue weighted by Crippen LogP contribution is 2.32. The molecule has 4 aromatic rings. The Morgan fingerprint density at radius 1 is 0.861 bits per heavy atom. The van der Waals surface area contributed by atoms with E-state index in [0.717, 1.165) is 12.1 Å². The third-order valence-electron chi connectivity index (χ3n) is 5.89. The Bertz CT molecular complexity index is 1420. The predicted molar refractivity (Wildman–Crippen MR) is 141 cm³/mol. The van der Waals surface area contributed by atoms with Gasteiger partial charge in [0.25, 0.3) is 5.91 Å². The molecule has 0 spiro atoms. The number of aromatic amines is 1. The van der Waals surface area contributed by atoms with Gasteiger partial charge in [-0.05, 0) is 50.5 Å². The molecule has 0 fully saturated rings. The molecule has 0 aliphatic rings. The van der Waals surface area contributed by atoms with Crippen LogP contribution in [0.15, 0.2) is 77.8 Å². The molecule has 0 radical (unpaired) electrons. The Morgan fingerprint density at radius 2 is 1.53 bits per heavy atom. The minimum absolute atomic E-state index is 0.0702. The zero-order valence-electron chi connectivity index (χ0n) is 20.4. The van der Waals surface area contributed by atoms with Crippen molar-refractivity contribution >= 4 is 34.2 Å². The van der Waals surface area contributed by atoms with Crippen molar-refractivity contribution in [3.63, 3.8) is 0 Å². The minimum Gasteiger partial charge on any atom is -0.494 e.